The summed E-state index contributed by atoms with van der Waals surface area (Å²) in [5.41, 5.74) is 2.74. The van der Waals surface area contributed by atoms with Gasteiger partial charge in [-0.3, -0.25) is 4.98 Å². The fourth-order valence-electron chi connectivity index (χ4n) is 3.93. The lowest BCUT2D eigenvalue weighted by Gasteiger charge is -2.25. The van der Waals surface area contributed by atoms with E-state index in [0.717, 1.165) is 22.6 Å². The number of aromatic nitrogens is 1. The summed E-state index contributed by atoms with van der Waals surface area (Å²) in [5, 5.41) is 22.5. The van der Waals surface area contributed by atoms with Crippen LogP contribution in [-0.4, -0.2) is 44.3 Å². The topological polar surface area (TPSA) is 98.8 Å². The average molecular weight is 438 g/mol. The SMILES string of the molecule is Cc1cc(C(=O)O)ccc1-c1ccc(C2C(c3ccccn3)NC(=S)N2CCCO)o1. The first kappa shape index (κ1) is 21.0. The Labute approximate surface area is 185 Å². The quantitative estimate of drug-likeness (QED) is 0.481. The second-order valence-electron chi connectivity index (χ2n) is 7.43. The van der Waals surface area contributed by atoms with E-state index in [1.807, 2.05) is 42.2 Å². The third-order valence-corrected chi connectivity index (χ3v) is 5.76. The molecule has 1 aromatic carbocycles. The van der Waals surface area contributed by atoms with Gasteiger partial charge in [-0.2, -0.15) is 0 Å². The van der Waals surface area contributed by atoms with Crippen molar-refractivity contribution in [1.29, 1.82) is 0 Å². The smallest absolute Gasteiger partial charge is 0.335 e. The number of nitrogens with one attached hydrogen (secondary N) is 1. The minimum Gasteiger partial charge on any atom is -0.478 e. The Morgan fingerprint density at radius 1 is 1.26 bits per heavy atom. The van der Waals surface area contributed by atoms with E-state index in [1.165, 1.54) is 0 Å². The zero-order chi connectivity index (χ0) is 22.0. The molecule has 0 bridgehead atoms. The molecule has 1 fully saturated rings. The van der Waals surface area contributed by atoms with E-state index in [1.54, 1.807) is 24.4 Å². The number of hydrogen-bond acceptors (Lipinski definition) is 5. The van der Waals surface area contributed by atoms with Crippen LogP contribution >= 0.6 is 12.2 Å². The van der Waals surface area contributed by atoms with Gasteiger partial charge in [-0.1, -0.05) is 12.1 Å². The van der Waals surface area contributed by atoms with Gasteiger partial charge in [-0.05, 0) is 67.5 Å². The fraction of sp³-hybridized carbons (Fsp3) is 0.261. The molecule has 0 amide bonds. The van der Waals surface area contributed by atoms with Crippen LogP contribution in [0.4, 0.5) is 0 Å². The highest BCUT2D eigenvalue weighted by atomic mass is 32.1. The number of aliphatic hydroxyl groups excluding tert-OH is 1. The molecule has 1 aliphatic heterocycles. The summed E-state index contributed by atoms with van der Waals surface area (Å²) in [6, 6.07) is 14.1. The van der Waals surface area contributed by atoms with Crippen molar-refractivity contribution in [1.82, 2.24) is 15.2 Å². The summed E-state index contributed by atoms with van der Waals surface area (Å²) in [6.07, 6.45) is 2.32. The maximum atomic E-state index is 11.2. The van der Waals surface area contributed by atoms with Crippen LogP contribution in [0.25, 0.3) is 11.3 Å². The fourth-order valence-corrected chi connectivity index (χ4v) is 4.26. The Balaban J connectivity index is 1.71. The van der Waals surface area contributed by atoms with Gasteiger partial charge in [0.05, 0.1) is 17.3 Å². The highest BCUT2D eigenvalue weighted by Gasteiger charge is 2.41. The molecule has 3 N–H and O–H groups in total. The normalized spacial score (nSPS) is 18.3. The molecule has 7 nitrogen and oxygen atoms in total. The number of rotatable bonds is 7. The van der Waals surface area contributed by atoms with Gasteiger partial charge in [0.1, 0.15) is 17.6 Å². The summed E-state index contributed by atoms with van der Waals surface area (Å²) >= 11 is 5.58. The van der Waals surface area contributed by atoms with Gasteiger partial charge < -0.3 is 24.8 Å². The van der Waals surface area contributed by atoms with Gasteiger partial charge in [0.2, 0.25) is 0 Å². The van der Waals surface area contributed by atoms with Crippen molar-refractivity contribution in [2.75, 3.05) is 13.2 Å². The number of aromatic carboxylic acids is 1. The van der Waals surface area contributed by atoms with Crippen LogP contribution in [0.2, 0.25) is 0 Å². The lowest BCUT2D eigenvalue weighted by molar-refractivity contribution is 0.0696. The highest BCUT2D eigenvalue weighted by Crippen LogP contribution is 2.40. The Bertz CT molecular complexity index is 1100. The number of carboxylic acid groups (broad SMARTS) is 1. The van der Waals surface area contributed by atoms with Crippen LogP contribution in [0.1, 0.15) is 45.9 Å². The Morgan fingerprint density at radius 2 is 2.10 bits per heavy atom. The largest absolute Gasteiger partial charge is 0.478 e. The van der Waals surface area contributed by atoms with E-state index >= 15 is 0 Å². The van der Waals surface area contributed by atoms with Crippen LogP contribution in [0.3, 0.4) is 0 Å². The van der Waals surface area contributed by atoms with E-state index in [0.29, 0.717) is 23.8 Å². The zero-order valence-corrected chi connectivity index (χ0v) is 17.8. The second kappa shape index (κ2) is 8.87. The highest BCUT2D eigenvalue weighted by molar-refractivity contribution is 7.80. The molecule has 2 atom stereocenters. The molecule has 0 saturated carbocycles. The van der Waals surface area contributed by atoms with E-state index in [2.05, 4.69) is 10.3 Å². The van der Waals surface area contributed by atoms with Crippen molar-refractivity contribution >= 4 is 23.3 Å². The number of thiocarbonyl (C=S) groups is 1. The molecule has 31 heavy (non-hydrogen) atoms. The first-order chi connectivity index (χ1) is 15.0. The van der Waals surface area contributed by atoms with Crippen molar-refractivity contribution in [3.8, 4) is 11.3 Å². The molecule has 160 valence electrons. The molecular weight excluding hydrogens is 414 g/mol. The average Bonchev–Trinajstić information content (AvgIpc) is 3.37. The molecule has 2 aromatic heterocycles. The van der Waals surface area contributed by atoms with Crippen molar-refractivity contribution in [2.24, 2.45) is 0 Å². The molecule has 8 heteroatoms. The van der Waals surface area contributed by atoms with Crippen molar-refractivity contribution < 1.29 is 19.4 Å². The Hall–Kier alpha value is -3.23. The van der Waals surface area contributed by atoms with Crippen molar-refractivity contribution in [3.05, 3.63) is 77.3 Å². The Kier molecular flexibility index (Phi) is 6.01. The number of nitrogens with zero attached hydrogens (tertiary/aromatic N) is 2. The lowest BCUT2D eigenvalue weighted by atomic mass is 10.0. The molecule has 0 spiro atoms. The molecule has 4 rings (SSSR count). The predicted octanol–water partition coefficient (Wildman–Crippen LogP) is 3.70. The van der Waals surface area contributed by atoms with Crippen molar-refractivity contribution in [2.45, 2.75) is 25.4 Å². The number of hydrogen-bond donors (Lipinski definition) is 3. The molecule has 3 aromatic rings. The summed E-state index contributed by atoms with van der Waals surface area (Å²) in [7, 11) is 0. The zero-order valence-electron chi connectivity index (χ0n) is 17.0. The first-order valence-corrected chi connectivity index (χ1v) is 10.4. The maximum absolute atomic E-state index is 11.2. The van der Waals surface area contributed by atoms with Gasteiger partial charge >= 0.3 is 5.97 Å². The van der Waals surface area contributed by atoms with Gasteiger partial charge in [0, 0.05) is 24.9 Å². The number of aryl methyl sites for hydroxylation is 1. The van der Waals surface area contributed by atoms with Crippen LogP contribution in [0, 0.1) is 6.92 Å². The number of aliphatic hydroxyl groups is 1. The minimum absolute atomic E-state index is 0.0681. The molecular formula is C23H23N3O4S. The standard InChI is InChI=1S/C23H23N3O4S/c1-14-13-15(22(28)29)6-7-16(14)18-8-9-19(30-18)21-20(17-5-2-3-10-24-17)25-23(31)26(21)11-4-12-27/h2-3,5-10,13,20-21,27H,4,11-12H2,1H3,(H,25,31)(H,28,29). The van der Waals surface area contributed by atoms with Crippen molar-refractivity contribution in [3.63, 3.8) is 0 Å². The third kappa shape index (κ3) is 4.17. The summed E-state index contributed by atoms with van der Waals surface area (Å²) < 4.78 is 6.27. The summed E-state index contributed by atoms with van der Waals surface area (Å²) in [5.74, 6) is 0.417. The molecule has 0 aliphatic carbocycles. The predicted molar refractivity (Wildman–Crippen MR) is 120 cm³/mol. The monoisotopic (exact) mass is 437 g/mol. The van der Waals surface area contributed by atoms with Crippen LogP contribution in [0.15, 0.2) is 59.1 Å². The number of pyridine rings is 1. The first-order valence-electron chi connectivity index (χ1n) is 10.0. The third-order valence-electron chi connectivity index (χ3n) is 5.41. The summed E-state index contributed by atoms with van der Waals surface area (Å²) in [6.45, 7) is 2.51. The van der Waals surface area contributed by atoms with Crippen LogP contribution < -0.4 is 5.32 Å². The molecule has 1 aliphatic rings. The molecule has 0 radical (unpaired) electrons. The number of furan rings is 1. The molecule has 2 unspecified atom stereocenters. The van der Waals surface area contributed by atoms with Gasteiger partial charge in [0.15, 0.2) is 5.11 Å². The molecule has 1 saturated heterocycles. The van der Waals surface area contributed by atoms with E-state index in [9.17, 15) is 15.0 Å². The minimum atomic E-state index is -0.960. The molecule has 3 heterocycles. The van der Waals surface area contributed by atoms with Gasteiger partial charge in [0.25, 0.3) is 0 Å². The number of carbonyl (C=O) groups is 1. The van der Waals surface area contributed by atoms with E-state index in [-0.39, 0.29) is 24.3 Å². The number of benzene rings is 1. The summed E-state index contributed by atoms with van der Waals surface area (Å²) in [4.78, 5) is 17.7. The number of carboxylic acids is 1. The van der Waals surface area contributed by atoms with Crippen LogP contribution in [0.5, 0.6) is 0 Å². The van der Waals surface area contributed by atoms with Gasteiger partial charge in [-0.15, -0.1) is 0 Å². The van der Waals surface area contributed by atoms with Crippen LogP contribution in [-0.2, 0) is 0 Å². The van der Waals surface area contributed by atoms with E-state index in [4.69, 9.17) is 16.6 Å². The lowest BCUT2D eigenvalue weighted by Crippen LogP contribution is -2.30. The second-order valence-corrected chi connectivity index (χ2v) is 7.82. The maximum Gasteiger partial charge on any atom is 0.335 e. The Morgan fingerprint density at radius 3 is 2.77 bits per heavy atom. The van der Waals surface area contributed by atoms with Gasteiger partial charge in [-0.25, -0.2) is 4.79 Å². The van der Waals surface area contributed by atoms with E-state index < -0.39 is 5.97 Å².